The molecule has 0 unspecified atom stereocenters. The maximum Gasteiger partial charge on any atom is 0.416 e. The van der Waals surface area contributed by atoms with Crippen molar-refractivity contribution in [2.45, 2.75) is 63.5 Å². The monoisotopic (exact) mass is 448 g/mol. The molecule has 2 aliphatic rings. The molecule has 170 valence electrons. The Kier molecular flexibility index (Phi) is 5.79. The molecule has 0 bridgehead atoms. The van der Waals surface area contributed by atoms with Gasteiger partial charge in [0.15, 0.2) is 0 Å². The fraction of sp³-hybridized carbons (Fsp3) is 0.455. The number of hydrogen-bond acceptors (Lipinski definition) is 4. The number of nitrogens with one attached hydrogen (secondary N) is 1. The van der Waals surface area contributed by atoms with E-state index in [1.165, 1.54) is 18.2 Å². The van der Waals surface area contributed by atoms with Gasteiger partial charge in [0.2, 0.25) is 11.8 Å². The van der Waals surface area contributed by atoms with Crippen LogP contribution >= 0.6 is 0 Å². The van der Waals surface area contributed by atoms with Gasteiger partial charge in [0, 0.05) is 12.5 Å². The first-order valence-electron chi connectivity index (χ1n) is 10.5. The molecule has 4 rings (SSSR count). The number of carbonyl (C=O) groups excluding carboxylic acids is 2. The van der Waals surface area contributed by atoms with Gasteiger partial charge in [-0.3, -0.25) is 14.4 Å². The fourth-order valence-electron chi connectivity index (χ4n) is 4.61. The highest BCUT2D eigenvalue weighted by Crippen LogP contribution is 2.40. The van der Waals surface area contributed by atoms with Crippen LogP contribution < -0.4 is 10.9 Å². The summed E-state index contributed by atoms with van der Waals surface area (Å²) in [4.78, 5) is 39.2. The average Bonchev–Trinajstić information content (AvgIpc) is 2.98. The van der Waals surface area contributed by atoms with Gasteiger partial charge in [0.1, 0.15) is 6.54 Å². The van der Waals surface area contributed by atoms with E-state index in [4.69, 9.17) is 0 Å². The highest BCUT2D eigenvalue weighted by molar-refractivity contribution is 5.79. The van der Waals surface area contributed by atoms with Crippen molar-refractivity contribution >= 4 is 11.8 Å². The van der Waals surface area contributed by atoms with Gasteiger partial charge < -0.3 is 10.2 Å². The topological polar surface area (TPSA) is 84.3 Å². The van der Waals surface area contributed by atoms with Crippen LogP contribution in [0.1, 0.15) is 48.5 Å². The summed E-state index contributed by atoms with van der Waals surface area (Å²) in [5.41, 5.74) is -0.0500. The molecule has 1 aromatic carbocycles. The van der Waals surface area contributed by atoms with Gasteiger partial charge in [-0.25, -0.2) is 4.68 Å². The van der Waals surface area contributed by atoms with E-state index >= 15 is 0 Å². The number of fused-ring (bicyclic) bond motifs is 1. The van der Waals surface area contributed by atoms with E-state index in [0.717, 1.165) is 16.8 Å². The van der Waals surface area contributed by atoms with E-state index in [0.29, 0.717) is 36.9 Å². The molecule has 0 saturated carbocycles. The van der Waals surface area contributed by atoms with Crippen LogP contribution in [0.25, 0.3) is 0 Å². The van der Waals surface area contributed by atoms with E-state index in [-0.39, 0.29) is 30.4 Å². The molecule has 0 radical (unpaired) electrons. The summed E-state index contributed by atoms with van der Waals surface area (Å²) in [5.74, 6) is -0.465. The van der Waals surface area contributed by atoms with Crippen molar-refractivity contribution in [3.63, 3.8) is 0 Å². The number of benzene rings is 1. The Morgan fingerprint density at radius 1 is 1.16 bits per heavy atom. The van der Waals surface area contributed by atoms with Crippen LogP contribution in [0.3, 0.4) is 0 Å². The second kappa shape index (κ2) is 8.40. The molecule has 1 N–H and O–H groups in total. The van der Waals surface area contributed by atoms with E-state index < -0.39 is 23.3 Å². The Morgan fingerprint density at radius 2 is 1.88 bits per heavy atom. The number of halogens is 3. The zero-order valence-corrected chi connectivity index (χ0v) is 17.4. The number of rotatable bonds is 3. The normalized spacial score (nSPS) is 23.4. The second-order valence-electron chi connectivity index (χ2n) is 8.28. The summed E-state index contributed by atoms with van der Waals surface area (Å²) < 4.78 is 40.1. The number of amides is 2. The Bertz CT molecular complexity index is 1080. The van der Waals surface area contributed by atoms with Gasteiger partial charge in [-0.2, -0.15) is 18.3 Å². The molecule has 2 fully saturated rings. The third kappa shape index (κ3) is 4.39. The lowest BCUT2D eigenvalue weighted by molar-refractivity contribution is -0.138. The standard InChI is InChI=1S/C22H23F3N4O3/c1-13-5-10-20(31)28(27-13)12-21(32)29-17-3-2-4-19(30)26-16(17)11-18(29)14-6-8-15(9-7-14)22(23,24)25/h5-10,16-18H,2-4,11-12H2,1H3,(H,26,30)/t16-,17+,18-/m0/s1. The number of hydrogen-bond donors (Lipinski definition) is 1. The van der Waals surface area contributed by atoms with Crippen LogP contribution in [0.5, 0.6) is 0 Å². The van der Waals surface area contributed by atoms with Crippen molar-refractivity contribution in [1.82, 2.24) is 20.0 Å². The minimum absolute atomic E-state index is 0.102. The molecule has 1 aromatic heterocycles. The molecule has 10 heteroatoms. The van der Waals surface area contributed by atoms with E-state index in [2.05, 4.69) is 10.4 Å². The van der Waals surface area contributed by atoms with Crippen molar-refractivity contribution in [3.05, 3.63) is 63.6 Å². The third-order valence-electron chi connectivity index (χ3n) is 6.08. The van der Waals surface area contributed by atoms with Gasteiger partial charge in [-0.1, -0.05) is 12.1 Å². The first kappa shape index (κ1) is 22.0. The van der Waals surface area contributed by atoms with Crippen LogP contribution in [-0.2, 0) is 22.3 Å². The van der Waals surface area contributed by atoms with E-state index in [1.807, 2.05) is 0 Å². The van der Waals surface area contributed by atoms with E-state index in [9.17, 15) is 27.6 Å². The zero-order chi connectivity index (χ0) is 23.0. The van der Waals surface area contributed by atoms with E-state index in [1.54, 1.807) is 17.9 Å². The molecule has 3 atom stereocenters. The first-order chi connectivity index (χ1) is 15.1. The Balaban J connectivity index is 1.67. The lowest BCUT2D eigenvalue weighted by Crippen LogP contribution is -2.46. The largest absolute Gasteiger partial charge is 0.416 e. The van der Waals surface area contributed by atoms with Crippen LogP contribution in [0.2, 0.25) is 0 Å². The van der Waals surface area contributed by atoms with Gasteiger partial charge in [-0.15, -0.1) is 0 Å². The summed E-state index contributed by atoms with van der Waals surface area (Å²) in [6, 6.07) is 6.51. The summed E-state index contributed by atoms with van der Waals surface area (Å²) in [6.07, 6.45) is -2.52. The summed E-state index contributed by atoms with van der Waals surface area (Å²) in [7, 11) is 0. The van der Waals surface area contributed by atoms with Crippen molar-refractivity contribution in [2.24, 2.45) is 0 Å². The SMILES string of the molecule is Cc1ccc(=O)n(CC(=O)N2[C@@H]3CCCC(=O)N[C@H]3C[C@H]2c2ccc(C(F)(F)F)cc2)n1. The highest BCUT2D eigenvalue weighted by atomic mass is 19.4. The predicted octanol–water partition coefficient (Wildman–Crippen LogP) is 2.58. The van der Waals surface area contributed by atoms with Crippen molar-refractivity contribution in [2.75, 3.05) is 0 Å². The molecule has 0 spiro atoms. The Labute approximate surface area is 182 Å². The molecule has 2 amide bonds. The predicted molar refractivity (Wildman–Crippen MR) is 108 cm³/mol. The van der Waals surface area contributed by atoms with Crippen molar-refractivity contribution in [3.8, 4) is 0 Å². The van der Waals surface area contributed by atoms with Gasteiger partial charge >= 0.3 is 6.18 Å². The Morgan fingerprint density at radius 3 is 2.56 bits per heavy atom. The summed E-state index contributed by atoms with van der Waals surface area (Å²) in [6.45, 7) is 1.42. The first-order valence-corrected chi connectivity index (χ1v) is 10.5. The van der Waals surface area contributed by atoms with Crippen molar-refractivity contribution < 1.29 is 22.8 Å². The number of aromatic nitrogens is 2. The maximum atomic E-state index is 13.4. The number of alkyl halides is 3. The molecule has 2 aromatic rings. The minimum Gasteiger partial charge on any atom is -0.351 e. The smallest absolute Gasteiger partial charge is 0.351 e. The Hall–Kier alpha value is -3.17. The second-order valence-corrected chi connectivity index (χ2v) is 8.28. The van der Waals surface area contributed by atoms with Crippen molar-refractivity contribution in [1.29, 1.82) is 0 Å². The molecule has 32 heavy (non-hydrogen) atoms. The highest BCUT2D eigenvalue weighted by Gasteiger charge is 2.45. The average molecular weight is 448 g/mol. The van der Waals surface area contributed by atoms with Crippen LogP contribution in [0, 0.1) is 6.92 Å². The van der Waals surface area contributed by atoms with Gasteiger partial charge in [0.05, 0.1) is 29.4 Å². The molecule has 0 aliphatic carbocycles. The van der Waals surface area contributed by atoms with Gasteiger partial charge in [0.25, 0.3) is 5.56 Å². The maximum absolute atomic E-state index is 13.4. The summed E-state index contributed by atoms with van der Waals surface area (Å²) in [5, 5.41) is 7.07. The molecular weight excluding hydrogens is 425 g/mol. The lowest BCUT2D eigenvalue weighted by Gasteiger charge is -2.31. The van der Waals surface area contributed by atoms with Crippen LogP contribution in [-0.4, -0.2) is 38.6 Å². The number of likely N-dealkylation sites (tertiary alicyclic amines) is 1. The molecule has 2 saturated heterocycles. The van der Waals surface area contributed by atoms with Crippen LogP contribution in [0.4, 0.5) is 13.2 Å². The quantitative estimate of drug-likeness (QED) is 0.783. The van der Waals surface area contributed by atoms with Crippen LogP contribution in [0.15, 0.2) is 41.2 Å². The lowest BCUT2D eigenvalue weighted by atomic mass is 10.0. The molecular formula is C22H23F3N4O3. The van der Waals surface area contributed by atoms with Gasteiger partial charge in [-0.05, 0) is 49.9 Å². The molecule has 7 nitrogen and oxygen atoms in total. The number of carbonyl (C=O) groups is 2. The number of nitrogens with zero attached hydrogens (tertiary/aromatic N) is 3. The summed E-state index contributed by atoms with van der Waals surface area (Å²) >= 11 is 0. The molecule has 2 aliphatic heterocycles. The minimum atomic E-state index is -4.46. The fourth-order valence-corrected chi connectivity index (χ4v) is 4.61. The molecule has 3 heterocycles. The number of aryl methyl sites for hydroxylation is 1. The third-order valence-corrected chi connectivity index (χ3v) is 6.08. The zero-order valence-electron chi connectivity index (χ0n) is 17.4.